The maximum absolute atomic E-state index is 4.22. The molecule has 0 unspecified atom stereocenters. The molecule has 1 aliphatic rings. The number of fused-ring (bicyclic) bond motifs is 6. The average Bonchev–Trinajstić information content (AvgIpc) is 3.69. The summed E-state index contributed by atoms with van der Waals surface area (Å²) < 4.78 is 2.39. The number of aromatic nitrogens is 2. The van der Waals surface area contributed by atoms with Crippen LogP contribution in [0, 0.1) is 24.2 Å². The fraction of sp³-hybridized carbons (Fsp3) is 0.135. The minimum Gasteiger partial charge on any atom is -0.507 e. The molecule has 0 saturated carbocycles. The summed E-state index contributed by atoms with van der Waals surface area (Å²) in [6, 6.07) is 40.1. The van der Waals surface area contributed by atoms with Crippen LogP contribution in [0.5, 0.6) is 0 Å². The first-order valence-corrected chi connectivity index (χ1v) is 14.0. The Hall–Kier alpha value is -4.18. The van der Waals surface area contributed by atoms with Crippen molar-refractivity contribution < 1.29 is 20.1 Å². The van der Waals surface area contributed by atoms with Gasteiger partial charge in [-0.25, -0.2) is 0 Å². The zero-order chi connectivity index (χ0) is 28.0. The third-order valence-corrected chi connectivity index (χ3v) is 7.42. The Kier molecular flexibility index (Phi) is 7.49. The largest absolute Gasteiger partial charge is 3.00 e. The first kappa shape index (κ1) is 28.0. The maximum Gasteiger partial charge on any atom is 3.00 e. The summed E-state index contributed by atoms with van der Waals surface area (Å²) >= 11 is 0. The van der Waals surface area contributed by atoms with Gasteiger partial charge in [0.1, 0.15) is 0 Å². The number of para-hydroxylation sites is 2. The van der Waals surface area contributed by atoms with Gasteiger partial charge in [-0.1, -0.05) is 74.8 Å². The summed E-state index contributed by atoms with van der Waals surface area (Å²) in [5.74, 6) is 0. The van der Waals surface area contributed by atoms with Crippen molar-refractivity contribution in [2.24, 2.45) is 5.41 Å². The van der Waals surface area contributed by atoms with Crippen LogP contribution in [-0.4, -0.2) is 20.8 Å². The second-order valence-corrected chi connectivity index (χ2v) is 11.7. The number of nitrogens with zero attached hydrogens (tertiary/aromatic N) is 4. The van der Waals surface area contributed by atoms with Gasteiger partial charge in [-0.15, -0.1) is 53.0 Å². The van der Waals surface area contributed by atoms with Gasteiger partial charge in [0, 0.05) is 28.0 Å². The predicted molar refractivity (Wildman–Crippen MR) is 171 cm³/mol. The number of rotatable bonds is 3. The molecule has 0 bridgehead atoms. The van der Waals surface area contributed by atoms with E-state index in [9.17, 15) is 0 Å². The Balaban J connectivity index is 0.000000205. The SMILES string of the molecule is CC(C)(C)CN1C=CN(c2[c-]cc3c(c2)c2cccc4c5ccccc5n3c24)[CH-]1.[Ir+3].[c-]1ccccc1-c1ccccn1. The summed E-state index contributed by atoms with van der Waals surface area (Å²) in [4.78, 5) is 8.63. The number of hydrogen-bond acceptors (Lipinski definition) is 3. The molecular weight excluding hydrogens is 693 g/mol. The first-order valence-electron chi connectivity index (χ1n) is 14.0. The van der Waals surface area contributed by atoms with E-state index in [1.165, 1.54) is 38.1 Å². The van der Waals surface area contributed by atoms with E-state index in [0.29, 0.717) is 0 Å². The molecule has 208 valence electrons. The summed E-state index contributed by atoms with van der Waals surface area (Å²) in [5.41, 5.74) is 7.12. The number of pyridine rings is 1. The first-order chi connectivity index (χ1) is 20.0. The fourth-order valence-electron chi connectivity index (χ4n) is 5.76. The van der Waals surface area contributed by atoms with Crippen molar-refractivity contribution in [2.45, 2.75) is 20.8 Å². The van der Waals surface area contributed by atoms with Gasteiger partial charge in [0.2, 0.25) is 0 Å². The summed E-state index contributed by atoms with van der Waals surface area (Å²) in [6.45, 7) is 9.94. The van der Waals surface area contributed by atoms with Crippen molar-refractivity contribution in [1.29, 1.82) is 0 Å². The molecule has 5 heteroatoms. The third-order valence-electron chi connectivity index (χ3n) is 7.42. The molecule has 8 rings (SSSR count). The van der Waals surface area contributed by atoms with E-state index in [1.807, 2.05) is 42.5 Å². The van der Waals surface area contributed by atoms with E-state index in [1.54, 1.807) is 6.20 Å². The van der Waals surface area contributed by atoms with Crippen molar-refractivity contribution in [3.8, 4) is 11.3 Å². The second kappa shape index (κ2) is 11.2. The molecule has 0 amide bonds. The molecule has 3 aromatic heterocycles. The molecule has 4 nitrogen and oxygen atoms in total. The molecule has 0 fully saturated rings. The molecule has 0 radical (unpaired) electrons. The van der Waals surface area contributed by atoms with E-state index < -0.39 is 0 Å². The van der Waals surface area contributed by atoms with Crippen molar-refractivity contribution in [1.82, 2.24) is 14.3 Å². The van der Waals surface area contributed by atoms with E-state index in [0.717, 1.165) is 23.5 Å². The Morgan fingerprint density at radius 1 is 0.762 bits per heavy atom. The topological polar surface area (TPSA) is 23.8 Å². The molecular formula is C37H31IrN4. The van der Waals surface area contributed by atoms with Crippen molar-refractivity contribution in [3.63, 3.8) is 0 Å². The monoisotopic (exact) mass is 724 g/mol. The number of benzene rings is 4. The molecule has 0 aliphatic carbocycles. The standard InChI is InChI=1S/C26H23N3.C11H8N.Ir/c1-26(2,3)16-27-13-14-28(17-27)18-11-12-24-22(15-18)21-9-6-8-20-19-7-4-5-10-23(19)29(24)25(20)21;1-2-6-10(7-3-1)11-8-4-5-9-12-11;/h4-10,12-15,17H,16H2,1-3H3;1-6,8-9H;/q-2;-1;+3. The minimum absolute atomic E-state index is 0. The van der Waals surface area contributed by atoms with Gasteiger partial charge >= 0.3 is 20.1 Å². The molecule has 7 aromatic rings. The molecule has 0 N–H and O–H groups in total. The van der Waals surface area contributed by atoms with Crippen LogP contribution >= 0.6 is 0 Å². The van der Waals surface area contributed by atoms with Crippen LogP contribution in [0.3, 0.4) is 0 Å². The Bertz CT molecular complexity index is 1950. The minimum atomic E-state index is 0. The maximum atomic E-state index is 4.22. The van der Waals surface area contributed by atoms with Gasteiger partial charge in [0.15, 0.2) is 0 Å². The molecule has 42 heavy (non-hydrogen) atoms. The average molecular weight is 724 g/mol. The van der Waals surface area contributed by atoms with Gasteiger partial charge < -0.3 is 19.2 Å². The molecule has 4 heterocycles. The number of anilines is 1. The summed E-state index contributed by atoms with van der Waals surface area (Å²) in [5, 5.41) is 5.22. The van der Waals surface area contributed by atoms with E-state index in [-0.39, 0.29) is 25.5 Å². The molecule has 0 spiro atoms. The summed E-state index contributed by atoms with van der Waals surface area (Å²) in [7, 11) is 0. The predicted octanol–water partition coefficient (Wildman–Crippen LogP) is 8.94. The van der Waals surface area contributed by atoms with Crippen molar-refractivity contribution >= 4 is 43.8 Å². The molecule has 4 aromatic carbocycles. The smallest absolute Gasteiger partial charge is 0.507 e. The van der Waals surface area contributed by atoms with E-state index >= 15 is 0 Å². The Morgan fingerprint density at radius 2 is 1.52 bits per heavy atom. The normalized spacial score (nSPS) is 13.2. The van der Waals surface area contributed by atoms with Gasteiger partial charge in [-0.05, 0) is 47.6 Å². The van der Waals surface area contributed by atoms with Crippen molar-refractivity contribution in [2.75, 3.05) is 11.4 Å². The Labute approximate surface area is 260 Å². The van der Waals surface area contributed by atoms with Gasteiger partial charge in [-0.3, -0.25) is 0 Å². The van der Waals surface area contributed by atoms with Crippen LogP contribution < -0.4 is 4.90 Å². The Morgan fingerprint density at radius 3 is 2.29 bits per heavy atom. The zero-order valence-corrected chi connectivity index (χ0v) is 26.3. The third kappa shape index (κ3) is 5.15. The van der Waals surface area contributed by atoms with Crippen LogP contribution in [0.15, 0.2) is 116 Å². The molecule has 1 aliphatic heterocycles. The number of hydrogen-bond donors (Lipinski definition) is 0. The van der Waals surface area contributed by atoms with Crippen LogP contribution in [0.2, 0.25) is 0 Å². The summed E-state index contributed by atoms with van der Waals surface area (Å²) in [6.07, 6.45) is 6.05. The van der Waals surface area contributed by atoms with Crippen molar-refractivity contribution in [3.05, 3.63) is 134 Å². The second-order valence-electron chi connectivity index (χ2n) is 11.7. The van der Waals surface area contributed by atoms with Gasteiger partial charge in [-0.2, -0.15) is 18.8 Å². The molecule has 0 saturated heterocycles. The quantitative estimate of drug-likeness (QED) is 0.170. The van der Waals surface area contributed by atoms with Gasteiger partial charge in [0.05, 0.1) is 0 Å². The van der Waals surface area contributed by atoms with E-state index in [4.69, 9.17) is 0 Å². The fourth-order valence-corrected chi connectivity index (χ4v) is 5.76. The van der Waals surface area contributed by atoms with Crippen LogP contribution in [0.25, 0.3) is 49.4 Å². The van der Waals surface area contributed by atoms with E-state index in [2.05, 4.69) is 126 Å². The van der Waals surface area contributed by atoms with Crippen LogP contribution in [0.4, 0.5) is 5.69 Å². The van der Waals surface area contributed by atoms with Gasteiger partial charge in [0.25, 0.3) is 0 Å². The van der Waals surface area contributed by atoms with Crippen LogP contribution in [0.1, 0.15) is 20.8 Å². The molecule has 0 atom stereocenters. The zero-order valence-electron chi connectivity index (χ0n) is 23.9. The van der Waals surface area contributed by atoms with Crippen LogP contribution in [-0.2, 0) is 20.1 Å².